The Labute approximate surface area is 178 Å². The molecule has 0 radical (unpaired) electrons. The van der Waals surface area contributed by atoms with E-state index in [-0.39, 0.29) is 5.41 Å². The SMILES string of the molecule is CC(=O)[C@H]1CC[C@H]2[C@@H]3CCC4CC(C#CCCCC#N)CC[C@]4(C)[C@H]3CC[C@]12C. The van der Waals surface area contributed by atoms with Gasteiger partial charge in [-0.3, -0.25) is 4.79 Å². The summed E-state index contributed by atoms with van der Waals surface area (Å²) >= 11 is 0. The lowest BCUT2D eigenvalue weighted by atomic mass is 9.44. The molecule has 2 nitrogen and oxygen atoms in total. The molecule has 4 saturated carbocycles. The zero-order valence-electron chi connectivity index (χ0n) is 18.8. The number of nitrogens with zero attached hydrogens (tertiary/aromatic N) is 1. The smallest absolute Gasteiger partial charge is 0.133 e. The number of ketones is 1. The van der Waals surface area contributed by atoms with Crippen LogP contribution >= 0.6 is 0 Å². The number of hydrogen-bond acceptors (Lipinski definition) is 2. The summed E-state index contributed by atoms with van der Waals surface area (Å²) in [6.07, 6.45) is 14.2. The fraction of sp³-hybridized carbons (Fsp3) is 0.852. The molecule has 2 unspecified atom stereocenters. The van der Waals surface area contributed by atoms with Crippen molar-refractivity contribution in [1.29, 1.82) is 5.26 Å². The van der Waals surface area contributed by atoms with Crippen molar-refractivity contribution in [2.45, 2.75) is 97.8 Å². The molecule has 4 aliphatic carbocycles. The Kier molecular flexibility index (Phi) is 5.86. The molecule has 158 valence electrons. The predicted octanol–water partition coefficient (Wildman–Crippen LogP) is 6.55. The molecule has 0 aromatic heterocycles. The lowest BCUT2D eigenvalue weighted by Gasteiger charge is -2.61. The number of Topliss-reactive ketones (excluding diaryl/α,β-unsaturated/α-hetero) is 1. The Hall–Kier alpha value is -1.28. The second-order valence-corrected chi connectivity index (χ2v) is 11.2. The van der Waals surface area contributed by atoms with Crippen molar-refractivity contribution < 1.29 is 4.79 Å². The first-order valence-electron chi connectivity index (χ1n) is 12.3. The van der Waals surface area contributed by atoms with E-state index in [1.165, 1.54) is 51.4 Å². The van der Waals surface area contributed by atoms with Gasteiger partial charge in [0, 0.05) is 24.7 Å². The Balaban J connectivity index is 1.44. The average Bonchev–Trinajstić information content (AvgIpc) is 3.05. The zero-order chi connectivity index (χ0) is 20.6. The normalized spacial score (nSPS) is 45.7. The Bertz CT molecular complexity index is 738. The van der Waals surface area contributed by atoms with E-state index in [9.17, 15) is 4.79 Å². The molecular weight excluding hydrogens is 354 g/mol. The van der Waals surface area contributed by atoms with Gasteiger partial charge in [-0.05, 0) is 106 Å². The van der Waals surface area contributed by atoms with Crippen LogP contribution in [0.3, 0.4) is 0 Å². The quantitative estimate of drug-likeness (QED) is 0.403. The van der Waals surface area contributed by atoms with E-state index in [4.69, 9.17) is 5.26 Å². The molecule has 4 fully saturated rings. The second kappa shape index (κ2) is 8.10. The summed E-state index contributed by atoms with van der Waals surface area (Å²) in [7, 11) is 0. The molecule has 0 amide bonds. The molecule has 0 aliphatic heterocycles. The Morgan fingerprint density at radius 2 is 1.72 bits per heavy atom. The summed E-state index contributed by atoms with van der Waals surface area (Å²) in [6, 6.07) is 2.22. The Morgan fingerprint density at radius 3 is 2.48 bits per heavy atom. The van der Waals surface area contributed by atoms with Gasteiger partial charge in [0.2, 0.25) is 0 Å². The van der Waals surface area contributed by atoms with Crippen LogP contribution in [-0.4, -0.2) is 5.78 Å². The van der Waals surface area contributed by atoms with E-state index in [2.05, 4.69) is 31.8 Å². The number of nitriles is 1. The fourth-order valence-corrected chi connectivity index (χ4v) is 8.53. The van der Waals surface area contributed by atoms with Crippen molar-refractivity contribution in [2.75, 3.05) is 0 Å². The first kappa shape index (κ1) is 21.0. The highest BCUT2D eigenvalue weighted by molar-refractivity contribution is 5.79. The highest BCUT2D eigenvalue weighted by atomic mass is 16.1. The highest BCUT2D eigenvalue weighted by Crippen LogP contribution is 2.67. The van der Waals surface area contributed by atoms with Crippen molar-refractivity contribution in [3.05, 3.63) is 0 Å². The fourth-order valence-electron chi connectivity index (χ4n) is 8.53. The van der Waals surface area contributed by atoms with Gasteiger partial charge in [0.1, 0.15) is 5.78 Å². The van der Waals surface area contributed by atoms with Crippen LogP contribution in [0.15, 0.2) is 0 Å². The maximum atomic E-state index is 12.3. The number of carbonyl (C=O) groups excluding carboxylic acids is 1. The largest absolute Gasteiger partial charge is 0.300 e. The van der Waals surface area contributed by atoms with E-state index in [1.807, 2.05) is 6.92 Å². The molecule has 4 aliphatic rings. The van der Waals surface area contributed by atoms with Crippen LogP contribution in [0.2, 0.25) is 0 Å². The number of carbonyl (C=O) groups is 1. The van der Waals surface area contributed by atoms with Crippen LogP contribution < -0.4 is 0 Å². The summed E-state index contributed by atoms with van der Waals surface area (Å²) in [6.45, 7) is 6.91. The van der Waals surface area contributed by atoms with Gasteiger partial charge in [0.15, 0.2) is 0 Å². The minimum atomic E-state index is 0.280. The van der Waals surface area contributed by atoms with Gasteiger partial charge < -0.3 is 0 Å². The van der Waals surface area contributed by atoms with E-state index < -0.39 is 0 Å². The van der Waals surface area contributed by atoms with Crippen LogP contribution in [0.5, 0.6) is 0 Å². The van der Waals surface area contributed by atoms with Crippen LogP contribution in [0.1, 0.15) is 97.8 Å². The van der Waals surface area contributed by atoms with E-state index in [0.717, 1.165) is 42.9 Å². The lowest BCUT2D eigenvalue weighted by Crippen LogP contribution is -2.53. The van der Waals surface area contributed by atoms with Crippen LogP contribution in [0, 0.1) is 69.5 Å². The van der Waals surface area contributed by atoms with Crippen molar-refractivity contribution >= 4 is 5.78 Å². The summed E-state index contributed by atoms with van der Waals surface area (Å²) in [5.41, 5.74) is 0.778. The number of rotatable bonds is 3. The third kappa shape index (κ3) is 3.56. The second-order valence-electron chi connectivity index (χ2n) is 11.2. The third-order valence-electron chi connectivity index (χ3n) is 10.1. The van der Waals surface area contributed by atoms with Crippen LogP contribution in [-0.2, 0) is 4.79 Å². The molecule has 0 N–H and O–H groups in total. The predicted molar refractivity (Wildman–Crippen MR) is 117 cm³/mol. The highest BCUT2D eigenvalue weighted by Gasteiger charge is 2.60. The minimum absolute atomic E-state index is 0.280. The molecular formula is C27H39NO. The van der Waals surface area contributed by atoms with Gasteiger partial charge in [-0.25, -0.2) is 0 Å². The third-order valence-corrected chi connectivity index (χ3v) is 10.1. The standard InChI is InChI=1S/C27H39NO/c1-19(29)23-11-12-24-22-10-9-21-18-20(8-6-4-5-7-17-28)13-15-26(21,2)25(22)14-16-27(23,24)3/h20-25H,4-5,7,9-16,18H2,1-3H3/t20?,21?,22-,23+,24-,25-,26-,27+/m0/s1. The molecule has 0 bridgehead atoms. The molecule has 0 saturated heterocycles. The molecule has 2 heteroatoms. The summed E-state index contributed by atoms with van der Waals surface area (Å²) in [5, 5.41) is 8.67. The lowest BCUT2D eigenvalue weighted by molar-refractivity contribution is -0.134. The maximum absolute atomic E-state index is 12.3. The van der Waals surface area contributed by atoms with Gasteiger partial charge in [-0.2, -0.15) is 5.26 Å². The van der Waals surface area contributed by atoms with Gasteiger partial charge in [0.05, 0.1) is 6.07 Å². The first-order chi connectivity index (χ1) is 13.9. The minimum Gasteiger partial charge on any atom is -0.300 e. The van der Waals surface area contributed by atoms with Gasteiger partial charge in [0.25, 0.3) is 0 Å². The van der Waals surface area contributed by atoms with Crippen LogP contribution in [0.25, 0.3) is 0 Å². The zero-order valence-corrected chi connectivity index (χ0v) is 18.8. The van der Waals surface area contributed by atoms with Crippen molar-refractivity contribution in [3.8, 4) is 17.9 Å². The summed E-state index contributed by atoms with van der Waals surface area (Å²) < 4.78 is 0. The first-order valence-corrected chi connectivity index (χ1v) is 12.3. The Morgan fingerprint density at radius 1 is 0.966 bits per heavy atom. The van der Waals surface area contributed by atoms with Gasteiger partial charge >= 0.3 is 0 Å². The molecule has 0 aromatic rings. The molecule has 0 spiro atoms. The monoisotopic (exact) mass is 393 g/mol. The van der Waals surface area contributed by atoms with Crippen molar-refractivity contribution in [1.82, 2.24) is 0 Å². The number of unbranched alkanes of at least 4 members (excludes halogenated alkanes) is 2. The van der Waals surface area contributed by atoms with E-state index in [0.29, 0.717) is 29.5 Å². The average molecular weight is 394 g/mol. The molecule has 0 heterocycles. The van der Waals surface area contributed by atoms with Crippen molar-refractivity contribution in [3.63, 3.8) is 0 Å². The number of fused-ring (bicyclic) bond motifs is 5. The molecule has 4 rings (SSSR count). The van der Waals surface area contributed by atoms with Gasteiger partial charge in [-0.15, -0.1) is 5.92 Å². The number of hydrogen-bond donors (Lipinski definition) is 0. The summed E-state index contributed by atoms with van der Waals surface area (Å²) in [4.78, 5) is 12.3. The van der Waals surface area contributed by atoms with Crippen LogP contribution in [0.4, 0.5) is 0 Å². The molecule has 29 heavy (non-hydrogen) atoms. The topological polar surface area (TPSA) is 40.9 Å². The van der Waals surface area contributed by atoms with E-state index in [1.54, 1.807) is 0 Å². The molecule has 0 aromatic carbocycles. The van der Waals surface area contributed by atoms with Crippen molar-refractivity contribution in [2.24, 2.45) is 46.3 Å². The van der Waals surface area contributed by atoms with E-state index >= 15 is 0 Å². The van der Waals surface area contributed by atoms with Gasteiger partial charge in [-0.1, -0.05) is 19.8 Å². The summed E-state index contributed by atoms with van der Waals surface area (Å²) in [5.74, 6) is 11.6. The molecule has 8 atom stereocenters. The maximum Gasteiger partial charge on any atom is 0.133 e.